The van der Waals surface area contributed by atoms with Gasteiger partial charge in [-0.15, -0.1) is 0 Å². The molecule has 3 heterocycles. The van der Waals surface area contributed by atoms with Crippen LogP contribution in [0.5, 0.6) is 0 Å². The van der Waals surface area contributed by atoms with Crippen LogP contribution in [-0.2, 0) is 0 Å². The average molecular weight is 568 g/mol. The van der Waals surface area contributed by atoms with Crippen molar-refractivity contribution < 1.29 is 0 Å². The molecule has 5 nitrogen and oxygen atoms in total. The van der Waals surface area contributed by atoms with Crippen molar-refractivity contribution >= 4 is 43.6 Å². The van der Waals surface area contributed by atoms with E-state index in [1.165, 1.54) is 32.7 Å². The maximum absolute atomic E-state index is 10.6. The van der Waals surface area contributed by atoms with Gasteiger partial charge in [-0.2, -0.15) is 5.26 Å². The summed E-state index contributed by atoms with van der Waals surface area (Å²) in [6, 6.07) is 38.9. The van der Waals surface area contributed by atoms with Crippen molar-refractivity contribution in [3.63, 3.8) is 0 Å². The van der Waals surface area contributed by atoms with Gasteiger partial charge in [-0.05, 0) is 81.3 Å². The predicted molar refractivity (Wildman–Crippen MR) is 180 cm³/mol. The van der Waals surface area contributed by atoms with Gasteiger partial charge in [0, 0.05) is 38.5 Å². The van der Waals surface area contributed by atoms with Gasteiger partial charge in [-0.1, -0.05) is 60.7 Å². The zero-order chi connectivity index (χ0) is 30.1. The molecule has 0 spiro atoms. The van der Waals surface area contributed by atoms with E-state index in [1.54, 1.807) is 0 Å². The molecule has 0 fully saturated rings. The van der Waals surface area contributed by atoms with E-state index < -0.39 is 0 Å². The monoisotopic (exact) mass is 567 g/mol. The Kier molecular flexibility index (Phi) is 5.69. The fraction of sp³-hybridized carbons (Fsp3) is 0.103. The number of rotatable bonds is 3. The fourth-order valence-corrected chi connectivity index (χ4v) is 6.74. The van der Waals surface area contributed by atoms with Crippen molar-refractivity contribution in [1.82, 2.24) is 19.1 Å². The van der Waals surface area contributed by atoms with Crippen LogP contribution in [0.25, 0.3) is 66.4 Å². The van der Waals surface area contributed by atoms with Crippen LogP contribution in [0.1, 0.15) is 28.1 Å². The Morgan fingerprint density at radius 2 is 1.00 bits per heavy atom. The van der Waals surface area contributed by atoms with Crippen LogP contribution in [0.4, 0.5) is 0 Å². The number of aryl methyl sites for hydroxylation is 4. The lowest BCUT2D eigenvalue weighted by Gasteiger charge is -2.19. The van der Waals surface area contributed by atoms with Crippen molar-refractivity contribution in [3.8, 4) is 28.8 Å². The lowest BCUT2D eigenvalue weighted by Crippen LogP contribution is -2.06. The Morgan fingerprint density at radius 1 is 0.523 bits per heavy atom. The highest BCUT2D eigenvalue weighted by molar-refractivity contribution is 6.12. The third-order valence-electron chi connectivity index (χ3n) is 8.60. The molecule has 0 atom stereocenters. The van der Waals surface area contributed by atoms with Crippen LogP contribution >= 0.6 is 0 Å². The summed E-state index contributed by atoms with van der Waals surface area (Å²) in [7, 11) is 0. The summed E-state index contributed by atoms with van der Waals surface area (Å²) >= 11 is 0. The van der Waals surface area contributed by atoms with Gasteiger partial charge in [-0.3, -0.25) is 0 Å². The SMILES string of the molecule is Cc1ccc2c3ccccc3n(-c3cc(C#N)c(-c4nc(C)cc(C)n4)cc3-n3c4ccccc4c4ccc(C)cc43)c2c1. The summed E-state index contributed by atoms with van der Waals surface area (Å²) in [5.41, 5.74) is 11.6. The number of fused-ring (bicyclic) bond motifs is 6. The van der Waals surface area contributed by atoms with Crippen LogP contribution in [0.2, 0.25) is 0 Å². The fourth-order valence-electron chi connectivity index (χ4n) is 6.74. The third kappa shape index (κ3) is 3.85. The molecular formula is C39H29N5. The number of aromatic nitrogens is 4. The second-order valence-electron chi connectivity index (χ2n) is 11.7. The number of benzene rings is 5. The molecule has 3 aromatic heterocycles. The van der Waals surface area contributed by atoms with E-state index in [1.807, 2.05) is 26.0 Å². The standard InChI is InChI=1S/C39H29N5/c1-23-13-15-30-28-9-5-7-11-33(28)43(35(30)17-23)37-20-27(22-40)32(39-41-25(3)19-26(4)42-39)21-38(37)44-34-12-8-6-10-29(34)31-16-14-24(2)18-36(31)44/h5-21H,1-4H3. The van der Waals surface area contributed by atoms with E-state index in [0.717, 1.165) is 44.8 Å². The van der Waals surface area contributed by atoms with Crippen LogP contribution in [-0.4, -0.2) is 19.1 Å². The lowest BCUT2D eigenvalue weighted by atomic mass is 10.0. The summed E-state index contributed by atoms with van der Waals surface area (Å²) < 4.78 is 4.66. The van der Waals surface area contributed by atoms with E-state index in [2.05, 4.69) is 120 Å². The molecule has 5 heteroatoms. The normalized spacial score (nSPS) is 11.6. The first-order chi connectivity index (χ1) is 21.4. The maximum Gasteiger partial charge on any atom is 0.161 e. The molecule has 8 rings (SSSR count). The van der Waals surface area contributed by atoms with Crippen molar-refractivity contribution in [2.75, 3.05) is 0 Å². The first-order valence-corrected chi connectivity index (χ1v) is 14.8. The summed E-state index contributed by atoms with van der Waals surface area (Å²) in [4.78, 5) is 9.60. The molecule has 210 valence electrons. The minimum absolute atomic E-state index is 0.532. The number of nitrogens with zero attached hydrogens (tertiary/aromatic N) is 5. The largest absolute Gasteiger partial charge is 0.307 e. The van der Waals surface area contributed by atoms with E-state index in [0.29, 0.717) is 17.0 Å². The second-order valence-corrected chi connectivity index (χ2v) is 11.7. The van der Waals surface area contributed by atoms with Crippen molar-refractivity contribution in [2.45, 2.75) is 27.7 Å². The number of para-hydroxylation sites is 2. The number of nitriles is 1. The summed E-state index contributed by atoms with van der Waals surface area (Å²) in [5, 5.41) is 15.3. The van der Waals surface area contributed by atoms with E-state index in [4.69, 9.17) is 9.97 Å². The number of hydrogen-bond acceptors (Lipinski definition) is 3. The molecule has 0 unspecified atom stereocenters. The summed E-state index contributed by atoms with van der Waals surface area (Å²) in [6.45, 7) is 8.19. The molecule has 5 aromatic carbocycles. The Bertz CT molecular complexity index is 2480. The molecule has 8 aromatic rings. The summed E-state index contributed by atoms with van der Waals surface area (Å²) in [6.07, 6.45) is 0. The zero-order valence-corrected chi connectivity index (χ0v) is 25.1. The minimum atomic E-state index is 0.532. The zero-order valence-electron chi connectivity index (χ0n) is 25.1. The molecule has 0 aliphatic heterocycles. The molecule has 0 aliphatic rings. The molecule has 44 heavy (non-hydrogen) atoms. The quantitative estimate of drug-likeness (QED) is 0.214. The first kappa shape index (κ1) is 25.9. The van der Waals surface area contributed by atoms with Crippen LogP contribution < -0.4 is 0 Å². The van der Waals surface area contributed by atoms with E-state index >= 15 is 0 Å². The van der Waals surface area contributed by atoms with Gasteiger partial charge in [-0.25, -0.2) is 9.97 Å². The van der Waals surface area contributed by atoms with Gasteiger partial charge < -0.3 is 9.13 Å². The van der Waals surface area contributed by atoms with Gasteiger partial charge in [0.1, 0.15) is 0 Å². The van der Waals surface area contributed by atoms with Gasteiger partial charge in [0.2, 0.25) is 0 Å². The van der Waals surface area contributed by atoms with Gasteiger partial charge in [0.05, 0.1) is 45.1 Å². The second kappa shape index (κ2) is 9.65. The highest BCUT2D eigenvalue weighted by Gasteiger charge is 2.23. The molecule has 0 amide bonds. The van der Waals surface area contributed by atoms with Crippen molar-refractivity contribution in [2.24, 2.45) is 0 Å². The predicted octanol–water partition coefficient (Wildman–Crippen LogP) is 9.44. The Morgan fingerprint density at radius 3 is 1.52 bits per heavy atom. The number of hydrogen-bond donors (Lipinski definition) is 0. The third-order valence-corrected chi connectivity index (χ3v) is 8.60. The first-order valence-electron chi connectivity index (χ1n) is 14.8. The molecule has 0 bridgehead atoms. The van der Waals surface area contributed by atoms with Gasteiger partial charge in [0.15, 0.2) is 5.82 Å². The Balaban J connectivity index is 1.60. The molecule has 0 N–H and O–H groups in total. The minimum Gasteiger partial charge on any atom is -0.307 e. The highest BCUT2D eigenvalue weighted by atomic mass is 15.1. The topological polar surface area (TPSA) is 59.4 Å². The molecular weight excluding hydrogens is 538 g/mol. The van der Waals surface area contributed by atoms with Crippen LogP contribution in [0, 0.1) is 39.0 Å². The Hall–Kier alpha value is -5.73. The molecule has 0 saturated heterocycles. The molecule has 0 aliphatic carbocycles. The van der Waals surface area contributed by atoms with Crippen molar-refractivity contribution in [1.29, 1.82) is 5.26 Å². The maximum atomic E-state index is 10.6. The van der Waals surface area contributed by atoms with Gasteiger partial charge >= 0.3 is 0 Å². The van der Waals surface area contributed by atoms with Crippen molar-refractivity contribution in [3.05, 3.63) is 131 Å². The summed E-state index contributed by atoms with van der Waals surface area (Å²) in [5.74, 6) is 0.557. The smallest absolute Gasteiger partial charge is 0.161 e. The van der Waals surface area contributed by atoms with E-state index in [9.17, 15) is 5.26 Å². The highest BCUT2D eigenvalue weighted by Crippen LogP contribution is 2.40. The lowest BCUT2D eigenvalue weighted by molar-refractivity contribution is 1.05. The molecule has 0 saturated carbocycles. The van der Waals surface area contributed by atoms with Crippen LogP contribution in [0.15, 0.2) is 103 Å². The van der Waals surface area contributed by atoms with Crippen LogP contribution in [0.3, 0.4) is 0 Å². The molecule has 0 radical (unpaired) electrons. The average Bonchev–Trinajstić information content (AvgIpc) is 3.51. The Labute approximate surface area is 255 Å². The van der Waals surface area contributed by atoms with Gasteiger partial charge in [0.25, 0.3) is 0 Å². The van der Waals surface area contributed by atoms with E-state index in [-0.39, 0.29) is 0 Å².